The maximum atomic E-state index is 13.4. The third-order valence-electron chi connectivity index (χ3n) is 5.21. The summed E-state index contributed by atoms with van der Waals surface area (Å²) in [6, 6.07) is 22.0. The van der Waals surface area contributed by atoms with Gasteiger partial charge in [0.1, 0.15) is 4.83 Å². The summed E-state index contributed by atoms with van der Waals surface area (Å²) in [6.45, 7) is 2.52. The molecule has 0 N–H and O–H groups in total. The Morgan fingerprint density at radius 2 is 1.76 bits per heavy atom. The third-order valence-corrected chi connectivity index (χ3v) is 6.47. The largest absolute Gasteiger partial charge is 0.294 e. The molecule has 0 aliphatic rings. The Balaban J connectivity index is 1.68. The van der Waals surface area contributed by atoms with Gasteiger partial charge in [0.15, 0.2) is 0 Å². The minimum absolute atomic E-state index is 0.0164. The molecule has 0 aliphatic carbocycles. The van der Waals surface area contributed by atoms with Crippen LogP contribution in [0.1, 0.15) is 10.4 Å². The van der Waals surface area contributed by atoms with Gasteiger partial charge in [0.25, 0.3) is 5.56 Å². The Labute approximate surface area is 176 Å². The molecule has 0 atom stereocenters. The summed E-state index contributed by atoms with van der Waals surface area (Å²) in [7, 11) is 0. The molecule has 0 fully saturated rings. The van der Waals surface area contributed by atoms with Crippen molar-refractivity contribution < 1.29 is 0 Å². The molecule has 0 bridgehead atoms. The number of fused-ring (bicyclic) bond motifs is 2. The molecule has 0 saturated carbocycles. The maximum absolute atomic E-state index is 13.4. The zero-order chi connectivity index (χ0) is 20.0. The first kappa shape index (κ1) is 18.1. The van der Waals surface area contributed by atoms with Gasteiger partial charge in [0.2, 0.25) is 0 Å². The monoisotopic (exact) mass is 416 g/mol. The predicted octanol–water partition coefficient (Wildman–Crippen LogP) is 6.29. The molecular weight excluding hydrogens is 400 g/mol. The number of aromatic nitrogens is 2. The molecule has 2 heterocycles. The normalized spacial score (nSPS) is 11.4. The van der Waals surface area contributed by atoms with Crippen molar-refractivity contribution in [3.8, 4) is 11.1 Å². The smallest absolute Gasteiger partial charge is 0.263 e. The lowest BCUT2D eigenvalue weighted by Crippen LogP contribution is -2.21. The third kappa shape index (κ3) is 3.15. The summed E-state index contributed by atoms with van der Waals surface area (Å²) in [5, 5.41) is 3.68. The van der Waals surface area contributed by atoms with E-state index in [2.05, 4.69) is 29.2 Å². The second kappa shape index (κ2) is 7.14. The molecule has 3 nitrogen and oxygen atoms in total. The Kier molecular flexibility index (Phi) is 4.46. The number of thiophene rings is 1. The highest BCUT2D eigenvalue weighted by molar-refractivity contribution is 7.19. The van der Waals surface area contributed by atoms with Crippen molar-refractivity contribution in [3.05, 3.63) is 98.9 Å². The van der Waals surface area contributed by atoms with Crippen LogP contribution in [0.3, 0.4) is 0 Å². The number of aryl methyl sites for hydroxylation is 1. The van der Waals surface area contributed by atoms with E-state index in [0.29, 0.717) is 17.0 Å². The van der Waals surface area contributed by atoms with Crippen molar-refractivity contribution in [1.82, 2.24) is 9.55 Å². The molecule has 3 aromatic carbocycles. The molecule has 0 aliphatic heterocycles. The van der Waals surface area contributed by atoms with Crippen LogP contribution in [0.5, 0.6) is 0 Å². The Morgan fingerprint density at radius 3 is 2.59 bits per heavy atom. The molecular formula is C24H17ClN2OS. The fraction of sp³-hybridized carbons (Fsp3) is 0.0833. The summed E-state index contributed by atoms with van der Waals surface area (Å²) in [5.74, 6) is 0. The van der Waals surface area contributed by atoms with Gasteiger partial charge >= 0.3 is 0 Å². The van der Waals surface area contributed by atoms with Gasteiger partial charge in [0.05, 0.1) is 18.3 Å². The molecule has 0 saturated heterocycles. The molecule has 29 heavy (non-hydrogen) atoms. The zero-order valence-electron chi connectivity index (χ0n) is 15.7. The van der Waals surface area contributed by atoms with Gasteiger partial charge in [-0.05, 0) is 41.0 Å². The highest BCUT2D eigenvalue weighted by Gasteiger charge is 2.17. The first-order chi connectivity index (χ1) is 14.1. The van der Waals surface area contributed by atoms with Crippen LogP contribution in [0.4, 0.5) is 0 Å². The molecule has 0 radical (unpaired) electrons. The molecule has 2 aromatic heterocycles. The summed E-state index contributed by atoms with van der Waals surface area (Å²) >= 11 is 7.60. The van der Waals surface area contributed by atoms with Gasteiger partial charge in [-0.25, -0.2) is 4.98 Å². The van der Waals surface area contributed by atoms with Gasteiger partial charge in [-0.2, -0.15) is 0 Å². The van der Waals surface area contributed by atoms with E-state index < -0.39 is 0 Å². The number of benzene rings is 3. The van der Waals surface area contributed by atoms with Crippen LogP contribution in [0.15, 0.2) is 77.9 Å². The fourth-order valence-electron chi connectivity index (χ4n) is 3.83. The van der Waals surface area contributed by atoms with Gasteiger partial charge < -0.3 is 0 Å². The number of halogens is 1. The maximum Gasteiger partial charge on any atom is 0.263 e. The van der Waals surface area contributed by atoms with E-state index in [9.17, 15) is 4.79 Å². The lowest BCUT2D eigenvalue weighted by molar-refractivity contribution is 0.754. The van der Waals surface area contributed by atoms with Gasteiger partial charge in [0, 0.05) is 15.5 Å². The quantitative estimate of drug-likeness (QED) is 0.346. The molecule has 0 unspecified atom stereocenters. The number of nitrogens with zero attached hydrogens (tertiary/aromatic N) is 2. The second-order valence-corrected chi connectivity index (χ2v) is 8.68. The van der Waals surface area contributed by atoms with Crippen LogP contribution in [-0.2, 0) is 6.54 Å². The van der Waals surface area contributed by atoms with Crippen LogP contribution >= 0.6 is 22.9 Å². The molecule has 0 spiro atoms. The Bertz CT molecular complexity index is 1410. The topological polar surface area (TPSA) is 34.9 Å². The van der Waals surface area contributed by atoms with E-state index in [1.54, 1.807) is 22.2 Å². The summed E-state index contributed by atoms with van der Waals surface area (Å²) in [6.07, 6.45) is 1.66. The van der Waals surface area contributed by atoms with Crippen molar-refractivity contribution in [2.24, 2.45) is 0 Å². The van der Waals surface area contributed by atoms with Crippen LogP contribution in [0.25, 0.3) is 32.1 Å². The van der Waals surface area contributed by atoms with Crippen LogP contribution < -0.4 is 5.56 Å². The number of rotatable bonds is 3. The molecule has 0 amide bonds. The minimum atomic E-state index is -0.0164. The van der Waals surface area contributed by atoms with Crippen LogP contribution in [-0.4, -0.2) is 9.55 Å². The van der Waals surface area contributed by atoms with Crippen LogP contribution in [0, 0.1) is 6.92 Å². The van der Waals surface area contributed by atoms with Gasteiger partial charge in [-0.3, -0.25) is 9.36 Å². The Hall–Kier alpha value is -2.95. The van der Waals surface area contributed by atoms with E-state index in [0.717, 1.165) is 31.8 Å². The summed E-state index contributed by atoms with van der Waals surface area (Å²) in [5.41, 5.74) is 3.02. The fourth-order valence-corrected chi connectivity index (χ4v) is 4.96. The molecule has 5 heteroatoms. The van der Waals surface area contributed by atoms with Crippen molar-refractivity contribution in [2.75, 3.05) is 0 Å². The summed E-state index contributed by atoms with van der Waals surface area (Å²) in [4.78, 5) is 19.9. The first-order valence-electron chi connectivity index (χ1n) is 9.33. The highest BCUT2D eigenvalue weighted by Crippen LogP contribution is 2.35. The van der Waals surface area contributed by atoms with Gasteiger partial charge in [-0.15, -0.1) is 11.3 Å². The molecule has 142 valence electrons. The van der Waals surface area contributed by atoms with Crippen molar-refractivity contribution in [2.45, 2.75) is 13.5 Å². The zero-order valence-corrected chi connectivity index (χ0v) is 17.3. The minimum Gasteiger partial charge on any atom is -0.294 e. The average Bonchev–Trinajstić information content (AvgIpc) is 3.08. The lowest BCUT2D eigenvalue weighted by atomic mass is 10.0. The predicted molar refractivity (Wildman–Crippen MR) is 122 cm³/mol. The molecule has 5 aromatic rings. The van der Waals surface area contributed by atoms with Gasteiger partial charge in [-0.1, -0.05) is 66.2 Å². The first-order valence-corrected chi connectivity index (χ1v) is 10.5. The van der Waals surface area contributed by atoms with E-state index in [1.807, 2.05) is 49.4 Å². The van der Waals surface area contributed by atoms with E-state index in [-0.39, 0.29) is 5.56 Å². The van der Waals surface area contributed by atoms with E-state index in [1.165, 1.54) is 5.39 Å². The van der Waals surface area contributed by atoms with Crippen LogP contribution in [0.2, 0.25) is 5.02 Å². The highest BCUT2D eigenvalue weighted by atomic mass is 35.5. The number of hydrogen-bond acceptors (Lipinski definition) is 3. The standard InChI is InChI=1S/C24H17ClN2OS/c1-15-21(17-9-11-19(25)12-10-17)22-23(29-15)26-14-27(24(22)28)13-18-7-4-6-16-5-2-3-8-20(16)18/h2-12,14H,13H2,1H3. The van der Waals surface area contributed by atoms with Crippen molar-refractivity contribution in [1.29, 1.82) is 0 Å². The Morgan fingerprint density at radius 1 is 1.00 bits per heavy atom. The average molecular weight is 417 g/mol. The number of hydrogen-bond donors (Lipinski definition) is 0. The van der Waals surface area contributed by atoms with Crippen molar-refractivity contribution >= 4 is 43.9 Å². The molecule has 5 rings (SSSR count). The second-order valence-electron chi connectivity index (χ2n) is 7.04. The van der Waals surface area contributed by atoms with Crippen molar-refractivity contribution in [3.63, 3.8) is 0 Å². The van der Waals surface area contributed by atoms with E-state index >= 15 is 0 Å². The lowest BCUT2D eigenvalue weighted by Gasteiger charge is -2.09. The summed E-state index contributed by atoms with van der Waals surface area (Å²) < 4.78 is 1.70. The SMILES string of the molecule is Cc1sc2ncn(Cc3cccc4ccccc34)c(=O)c2c1-c1ccc(Cl)cc1. The van der Waals surface area contributed by atoms with E-state index in [4.69, 9.17) is 11.6 Å².